The van der Waals surface area contributed by atoms with Crippen molar-refractivity contribution in [1.29, 1.82) is 0 Å². The van der Waals surface area contributed by atoms with Crippen LogP contribution in [0.5, 0.6) is 0 Å². The fourth-order valence-corrected chi connectivity index (χ4v) is 3.29. The molecule has 2 N–H and O–H groups in total. The van der Waals surface area contributed by atoms with E-state index in [1.54, 1.807) is 0 Å². The summed E-state index contributed by atoms with van der Waals surface area (Å²) in [4.78, 5) is 0.241. The summed E-state index contributed by atoms with van der Waals surface area (Å²) in [6.45, 7) is 2.23. The number of hydrogen-bond donors (Lipinski definition) is 2. The molecule has 2 nitrogen and oxygen atoms in total. The molecule has 1 fully saturated rings. The predicted molar refractivity (Wildman–Crippen MR) is 59.3 cm³/mol. The molecular formula is C11H22O2Se. The summed E-state index contributed by atoms with van der Waals surface area (Å²) in [5.74, 6) is 0. The second-order valence-corrected chi connectivity index (χ2v) is 7.12. The van der Waals surface area contributed by atoms with Crippen molar-refractivity contribution in [3.8, 4) is 0 Å². The Morgan fingerprint density at radius 1 is 1.00 bits per heavy atom. The molecule has 3 heteroatoms. The molecule has 0 spiro atoms. The molecule has 1 saturated heterocycles. The minimum atomic E-state index is -1.23. The molecule has 0 aromatic rings. The van der Waals surface area contributed by atoms with Crippen LogP contribution in [0.3, 0.4) is 0 Å². The first-order valence-electron chi connectivity index (χ1n) is 5.79. The van der Waals surface area contributed by atoms with E-state index >= 15 is 0 Å². The molecule has 0 saturated carbocycles. The molecule has 0 amide bonds. The van der Waals surface area contributed by atoms with E-state index in [0.717, 1.165) is 6.42 Å². The van der Waals surface area contributed by atoms with Gasteiger partial charge in [0.1, 0.15) is 0 Å². The monoisotopic (exact) mass is 266 g/mol. The van der Waals surface area contributed by atoms with Crippen LogP contribution < -0.4 is 0 Å². The van der Waals surface area contributed by atoms with Gasteiger partial charge < -0.3 is 0 Å². The van der Waals surface area contributed by atoms with E-state index in [0.29, 0.717) is 0 Å². The first kappa shape index (κ1) is 12.5. The van der Waals surface area contributed by atoms with E-state index in [4.69, 9.17) is 10.2 Å². The van der Waals surface area contributed by atoms with Crippen molar-refractivity contribution < 1.29 is 10.2 Å². The van der Waals surface area contributed by atoms with Crippen molar-refractivity contribution in [1.82, 2.24) is 0 Å². The van der Waals surface area contributed by atoms with Gasteiger partial charge in [0.2, 0.25) is 0 Å². The molecule has 1 heterocycles. The molecule has 1 rings (SSSR count). The molecule has 1 aliphatic heterocycles. The third kappa shape index (κ3) is 4.79. The second kappa shape index (κ2) is 6.12. The van der Waals surface area contributed by atoms with Gasteiger partial charge in [0, 0.05) is 0 Å². The van der Waals surface area contributed by atoms with Crippen molar-refractivity contribution in [2.45, 2.75) is 67.8 Å². The zero-order chi connectivity index (χ0) is 10.4. The van der Waals surface area contributed by atoms with E-state index in [-0.39, 0.29) is 19.8 Å². The van der Waals surface area contributed by atoms with Crippen molar-refractivity contribution in [2.75, 3.05) is 0 Å². The normalized spacial score (nSPS) is 23.8. The van der Waals surface area contributed by atoms with Gasteiger partial charge in [0.15, 0.2) is 0 Å². The molecule has 1 unspecified atom stereocenters. The zero-order valence-electron chi connectivity index (χ0n) is 9.04. The van der Waals surface area contributed by atoms with Crippen molar-refractivity contribution in [3.63, 3.8) is 0 Å². The maximum atomic E-state index is 9.15. The van der Waals surface area contributed by atoms with Crippen LogP contribution in [0.4, 0.5) is 0 Å². The molecule has 0 aliphatic carbocycles. The van der Waals surface area contributed by atoms with Crippen LogP contribution in [0.1, 0.15) is 58.3 Å². The van der Waals surface area contributed by atoms with Crippen LogP contribution in [0, 0.1) is 0 Å². The Bertz CT molecular complexity index is 159. The topological polar surface area (TPSA) is 40.5 Å². The van der Waals surface area contributed by atoms with Gasteiger partial charge in [-0.25, -0.2) is 0 Å². The first-order valence-corrected chi connectivity index (χ1v) is 7.64. The third-order valence-electron chi connectivity index (χ3n) is 2.75. The molecule has 1 atom stereocenters. The Morgan fingerprint density at radius 2 is 1.50 bits per heavy atom. The van der Waals surface area contributed by atoms with Gasteiger partial charge in [-0.2, -0.15) is 0 Å². The molecule has 14 heavy (non-hydrogen) atoms. The quantitative estimate of drug-likeness (QED) is 0.401. The van der Waals surface area contributed by atoms with Gasteiger partial charge in [-0.15, -0.1) is 0 Å². The Hall–Kier alpha value is 0.439. The van der Waals surface area contributed by atoms with Crippen LogP contribution in [-0.4, -0.2) is 29.9 Å². The SMILES string of the molecule is CCCCCCCCCC1[Se]C1(O)O. The molecule has 0 aromatic carbocycles. The van der Waals surface area contributed by atoms with Crippen molar-refractivity contribution in [3.05, 3.63) is 0 Å². The Kier molecular flexibility index (Phi) is 5.46. The summed E-state index contributed by atoms with van der Waals surface area (Å²) in [5, 5.41) is 18.3. The van der Waals surface area contributed by atoms with Crippen LogP contribution in [0.25, 0.3) is 0 Å². The third-order valence-corrected chi connectivity index (χ3v) is 5.32. The summed E-state index contributed by atoms with van der Waals surface area (Å²) >= 11 is 0.0925. The van der Waals surface area contributed by atoms with E-state index in [1.165, 1.54) is 44.9 Å². The van der Waals surface area contributed by atoms with E-state index < -0.39 is 4.69 Å². The molecule has 0 aromatic heterocycles. The minimum absolute atomic E-state index is 0.0925. The standard InChI is InChI=1S/C11H22O2Se/c1-2-3-4-5-6-7-8-9-10-11(12,13)14-10/h10,12-13H,2-9H2,1H3. The van der Waals surface area contributed by atoms with Gasteiger partial charge in [0.25, 0.3) is 0 Å². The van der Waals surface area contributed by atoms with Gasteiger partial charge >= 0.3 is 93.0 Å². The summed E-state index contributed by atoms with van der Waals surface area (Å²) in [5.41, 5.74) is 0. The molecule has 1 aliphatic rings. The van der Waals surface area contributed by atoms with Gasteiger partial charge in [-0.05, 0) is 0 Å². The molecule has 0 radical (unpaired) electrons. The van der Waals surface area contributed by atoms with E-state index in [2.05, 4.69) is 6.92 Å². The fourth-order valence-electron chi connectivity index (χ4n) is 1.71. The Balaban J connectivity index is 1.77. The van der Waals surface area contributed by atoms with E-state index in [9.17, 15) is 0 Å². The average Bonchev–Trinajstić information content (AvgIpc) is 2.73. The zero-order valence-corrected chi connectivity index (χ0v) is 10.7. The van der Waals surface area contributed by atoms with Crippen molar-refractivity contribution >= 4 is 15.0 Å². The van der Waals surface area contributed by atoms with Crippen LogP contribution in [0.2, 0.25) is 4.82 Å². The Labute approximate surface area is 93.3 Å². The summed E-state index contributed by atoms with van der Waals surface area (Å²) in [6, 6.07) is 0. The summed E-state index contributed by atoms with van der Waals surface area (Å²) in [6.07, 6.45) is 10.2. The van der Waals surface area contributed by atoms with Crippen LogP contribution in [-0.2, 0) is 0 Å². The predicted octanol–water partition coefficient (Wildman–Crippen LogP) is 2.27. The van der Waals surface area contributed by atoms with Crippen molar-refractivity contribution in [2.24, 2.45) is 0 Å². The first-order chi connectivity index (χ1) is 6.67. The molecule has 0 bridgehead atoms. The van der Waals surface area contributed by atoms with Crippen LogP contribution in [0.15, 0.2) is 0 Å². The van der Waals surface area contributed by atoms with Gasteiger partial charge in [-0.1, -0.05) is 0 Å². The van der Waals surface area contributed by atoms with Crippen LogP contribution >= 0.6 is 0 Å². The fraction of sp³-hybridized carbons (Fsp3) is 1.00. The number of rotatable bonds is 8. The van der Waals surface area contributed by atoms with E-state index in [1.807, 2.05) is 0 Å². The van der Waals surface area contributed by atoms with Gasteiger partial charge in [0.05, 0.1) is 0 Å². The van der Waals surface area contributed by atoms with Gasteiger partial charge in [-0.3, -0.25) is 0 Å². The summed E-state index contributed by atoms with van der Waals surface area (Å²) in [7, 11) is 0. The number of unbranched alkanes of at least 4 members (excludes halogenated alkanes) is 6. The number of hydrogen-bond acceptors (Lipinski definition) is 2. The summed E-state index contributed by atoms with van der Waals surface area (Å²) < 4.78 is -1.23. The molecule has 84 valence electrons. The second-order valence-electron chi connectivity index (χ2n) is 4.18. The average molecular weight is 265 g/mol. The molecular weight excluding hydrogens is 243 g/mol. The maximum absolute atomic E-state index is 9.15. The Morgan fingerprint density at radius 3 is 2.00 bits per heavy atom. The number of aliphatic hydroxyl groups is 2.